The fourth-order valence-electron chi connectivity index (χ4n) is 2.90. The van der Waals surface area contributed by atoms with Crippen LogP contribution in [0.4, 0.5) is 4.39 Å². The van der Waals surface area contributed by atoms with Gasteiger partial charge in [-0.15, -0.1) is 0 Å². The van der Waals surface area contributed by atoms with E-state index in [-0.39, 0.29) is 12.8 Å². The highest BCUT2D eigenvalue weighted by Crippen LogP contribution is 2.32. The van der Waals surface area contributed by atoms with E-state index in [0.717, 1.165) is 38.5 Å². The van der Waals surface area contributed by atoms with E-state index in [1.807, 2.05) is 6.92 Å². The number of hydrogen-bond donors (Lipinski definition) is 1. The molecule has 0 aromatic carbocycles. The Hall–Kier alpha value is -0.160. The van der Waals surface area contributed by atoms with Crippen LogP contribution in [-0.4, -0.2) is 18.0 Å². The normalized spacial score (nSPS) is 14.8. The molecular weight excluding hydrogens is 315 g/mol. The molecule has 1 atom stereocenters. The summed E-state index contributed by atoms with van der Waals surface area (Å²) >= 11 is 0. The summed E-state index contributed by atoms with van der Waals surface area (Å²) in [5.41, 5.74) is 0. The maximum absolute atomic E-state index is 14.6. The van der Waals surface area contributed by atoms with Crippen LogP contribution < -0.4 is 0 Å². The summed E-state index contributed by atoms with van der Waals surface area (Å²) in [5, 5.41) is -2.44. The average molecular weight is 353 g/mol. The molecule has 0 aromatic heterocycles. The largest absolute Gasteiger partial charge is 0.300 e. The van der Waals surface area contributed by atoms with Crippen LogP contribution in [0.25, 0.3) is 0 Å². The van der Waals surface area contributed by atoms with Crippen LogP contribution in [0.3, 0.4) is 0 Å². The first-order valence-corrected chi connectivity index (χ1v) is 11.0. The Morgan fingerprint density at radius 2 is 1.00 bits per heavy atom. The first-order valence-electron chi connectivity index (χ1n) is 9.53. The van der Waals surface area contributed by atoms with Gasteiger partial charge in [0.2, 0.25) is 5.00 Å². The molecule has 3 nitrogen and oxygen atoms in total. The van der Waals surface area contributed by atoms with Crippen molar-refractivity contribution in [3.05, 3.63) is 0 Å². The SMILES string of the molecule is CCCCCCCCCCCC(F)(CCCCCC)S(=O)(=O)O. The molecule has 0 aromatic rings. The summed E-state index contributed by atoms with van der Waals surface area (Å²) in [5.74, 6) is 0. The molecular formula is C18H37FO3S. The molecule has 0 bridgehead atoms. The summed E-state index contributed by atoms with van der Waals surface area (Å²) in [4.78, 5) is 0. The van der Waals surface area contributed by atoms with Crippen molar-refractivity contribution in [3.63, 3.8) is 0 Å². The van der Waals surface area contributed by atoms with Crippen molar-refractivity contribution in [1.29, 1.82) is 0 Å². The second-order valence-electron chi connectivity index (χ2n) is 6.75. The molecule has 0 rings (SSSR count). The summed E-state index contributed by atoms with van der Waals surface area (Å²) < 4.78 is 46.5. The Morgan fingerprint density at radius 1 is 0.696 bits per heavy atom. The first kappa shape index (κ1) is 22.8. The fraction of sp³-hybridized carbons (Fsp3) is 1.00. The quantitative estimate of drug-likeness (QED) is 0.257. The first-order chi connectivity index (χ1) is 10.9. The topological polar surface area (TPSA) is 54.4 Å². The molecule has 5 heteroatoms. The average Bonchev–Trinajstić information content (AvgIpc) is 2.49. The highest BCUT2D eigenvalue weighted by molar-refractivity contribution is 7.87. The Balaban J connectivity index is 3.93. The minimum atomic E-state index is -4.63. The van der Waals surface area contributed by atoms with E-state index in [1.54, 1.807) is 0 Å². The van der Waals surface area contributed by atoms with Crippen LogP contribution in [0, 0.1) is 0 Å². The maximum atomic E-state index is 14.6. The van der Waals surface area contributed by atoms with Gasteiger partial charge in [0.05, 0.1) is 0 Å². The van der Waals surface area contributed by atoms with Crippen molar-refractivity contribution >= 4 is 10.1 Å². The van der Waals surface area contributed by atoms with Crippen molar-refractivity contribution in [2.24, 2.45) is 0 Å². The van der Waals surface area contributed by atoms with Crippen molar-refractivity contribution in [1.82, 2.24) is 0 Å². The lowest BCUT2D eigenvalue weighted by Crippen LogP contribution is -2.33. The van der Waals surface area contributed by atoms with Gasteiger partial charge in [0.1, 0.15) is 0 Å². The van der Waals surface area contributed by atoms with E-state index in [2.05, 4.69) is 6.92 Å². The van der Waals surface area contributed by atoms with E-state index < -0.39 is 15.1 Å². The monoisotopic (exact) mass is 352 g/mol. The predicted molar refractivity (Wildman–Crippen MR) is 96.0 cm³/mol. The van der Waals surface area contributed by atoms with E-state index in [0.29, 0.717) is 12.8 Å². The predicted octanol–water partition coefficient (Wildman–Crippen LogP) is 6.43. The third-order valence-electron chi connectivity index (χ3n) is 4.52. The minimum absolute atomic E-state index is 0.0756. The molecule has 0 radical (unpaired) electrons. The van der Waals surface area contributed by atoms with Crippen molar-refractivity contribution < 1.29 is 17.4 Å². The molecule has 0 aliphatic heterocycles. The van der Waals surface area contributed by atoms with Gasteiger partial charge in [-0.2, -0.15) is 8.42 Å². The zero-order chi connectivity index (χ0) is 17.6. The van der Waals surface area contributed by atoms with Crippen LogP contribution in [0.2, 0.25) is 0 Å². The van der Waals surface area contributed by atoms with Gasteiger partial charge in [-0.25, -0.2) is 4.39 Å². The lowest BCUT2D eigenvalue weighted by Gasteiger charge is -2.22. The molecule has 0 aliphatic carbocycles. The zero-order valence-electron chi connectivity index (χ0n) is 15.2. The molecule has 0 spiro atoms. The number of unbranched alkanes of at least 4 members (excludes halogenated alkanes) is 11. The summed E-state index contributed by atoms with van der Waals surface area (Å²) in [6.07, 6.45) is 12.9. The van der Waals surface area contributed by atoms with E-state index in [4.69, 9.17) is 0 Å². The Kier molecular flexibility index (Phi) is 13.1. The molecule has 0 saturated carbocycles. The molecule has 140 valence electrons. The van der Waals surface area contributed by atoms with Gasteiger partial charge in [-0.1, -0.05) is 84.5 Å². The molecule has 1 unspecified atom stereocenters. The highest BCUT2D eigenvalue weighted by Gasteiger charge is 2.41. The Labute approximate surface area is 143 Å². The van der Waals surface area contributed by atoms with Gasteiger partial charge in [0, 0.05) is 0 Å². The van der Waals surface area contributed by atoms with Crippen molar-refractivity contribution in [3.8, 4) is 0 Å². The smallest absolute Gasteiger partial charge is 0.283 e. The second-order valence-corrected chi connectivity index (χ2v) is 8.43. The number of hydrogen-bond acceptors (Lipinski definition) is 2. The third kappa shape index (κ3) is 11.1. The zero-order valence-corrected chi connectivity index (χ0v) is 16.0. The molecule has 0 fully saturated rings. The molecule has 23 heavy (non-hydrogen) atoms. The molecule has 0 heterocycles. The Morgan fingerprint density at radius 3 is 1.35 bits per heavy atom. The van der Waals surface area contributed by atoms with E-state index in [1.165, 1.54) is 32.1 Å². The van der Waals surface area contributed by atoms with Crippen LogP contribution >= 0.6 is 0 Å². The van der Waals surface area contributed by atoms with Crippen LogP contribution in [0.5, 0.6) is 0 Å². The molecule has 1 N–H and O–H groups in total. The van der Waals surface area contributed by atoms with E-state index >= 15 is 0 Å². The van der Waals surface area contributed by atoms with Crippen molar-refractivity contribution in [2.45, 2.75) is 115 Å². The molecule has 0 amide bonds. The van der Waals surface area contributed by atoms with E-state index in [9.17, 15) is 17.4 Å². The van der Waals surface area contributed by atoms with Crippen LogP contribution in [-0.2, 0) is 10.1 Å². The number of rotatable bonds is 16. The lowest BCUT2D eigenvalue weighted by molar-refractivity contribution is 0.203. The minimum Gasteiger partial charge on any atom is -0.283 e. The number of halogens is 1. The summed E-state index contributed by atoms with van der Waals surface area (Å²) in [7, 11) is -4.63. The fourth-order valence-corrected chi connectivity index (χ4v) is 3.70. The van der Waals surface area contributed by atoms with Gasteiger partial charge in [-0.05, 0) is 25.7 Å². The van der Waals surface area contributed by atoms with Gasteiger partial charge >= 0.3 is 0 Å². The van der Waals surface area contributed by atoms with Crippen molar-refractivity contribution in [2.75, 3.05) is 0 Å². The molecule has 0 aliphatic rings. The van der Waals surface area contributed by atoms with Gasteiger partial charge in [0.25, 0.3) is 10.1 Å². The van der Waals surface area contributed by atoms with Gasteiger partial charge in [0.15, 0.2) is 0 Å². The molecule has 0 saturated heterocycles. The van der Waals surface area contributed by atoms with Crippen LogP contribution in [0.1, 0.15) is 110 Å². The highest BCUT2D eigenvalue weighted by atomic mass is 32.2. The van der Waals surface area contributed by atoms with Crippen LogP contribution in [0.15, 0.2) is 0 Å². The second kappa shape index (κ2) is 13.2. The lowest BCUT2D eigenvalue weighted by atomic mass is 10.0. The third-order valence-corrected chi connectivity index (χ3v) is 5.85. The van der Waals surface area contributed by atoms with Gasteiger partial charge in [-0.3, -0.25) is 4.55 Å². The Bertz CT molecular complexity index is 370. The number of alkyl halides is 1. The summed E-state index contributed by atoms with van der Waals surface area (Å²) in [6.45, 7) is 4.24. The standard InChI is InChI=1S/C18H37FO3S/c1-3-5-7-9-10-11-12-13-15-17-18(19,23(20,21)22)16-14-8-6-4-2/h3-17H2,1-2H3,(H,20,21,22). The van der Waals surface area contributed by atoms with Gasteiger partial charge < -0.3 is 0 Å². The summed E-state index contributed by atoms with van der Waals surface area (Å²) in [6, 6.07) is 0. The maximum Gasteiger partial charge on any atom is 0.300 e.